The first-order valence-electron chi connectivity index (χ1n) is 9.03. The number of carbonyl (C=O) groups is 2. The van der Waals surface area contributed by atoms with Gasteiger partial charge in [-0.2, -0.15) is 0 Å². The molecule has 1 amide bonds. The number of ketones is 1. The third-order valence-corrected chi connectivity index (χ3v) is 4.29. The number of benzene rings is 3. The first-order valence-corrected chi connectivity index (χ1v) is 9.03. The van der Waals surface area contributed by atoms with E-state index in [-0.39, 0.29) is 11.4 Å². The fraction of sp³-hybridized carbons (Fsp3) is 0.0833. The van der Waals surface area contributed by atoms with Crippen molar-refractivity contribution in [2.45, 2.75) is 0 Å². The molecule has 1 N–H and O–H groups in total. The summed E-state index contributed by atoms with van der Waals surface area (Å²) < 4.78 is 10.8. The Bertz CT molecular complexity index is 1030. The van der Waals surface area contributed by atoms with Crippen molar-refractivity contribution in [2.24, 2.45) is 0 Å². The van der Waals surface area contributed by atoms with E-state index in [1.165, 1.54) is 20.3 Å². The van der Waals surface area contributed by atoms with Gasteiger partial charge in [0.1, 0.15) is 0 Å². The zero-order chi connectivity index (χ0) is 20.6. The van der Waals surface area contributed by atoms with Gasteiger partial charge in [0.15, 0.2) is 17.3 Å². The summed E-state index contributed by atoms with van der Waals surface area (Å²) in [6.07, 6.45) is 1.52. The predicted molar refractivity (Wildman–Crippen MR) is 113 cm³/mol. The Hall–Kier alpha value is -3.86. The zero-order valence-electron chi connectivity index (χ0n) is 16.2. The lowest BCUT2D eigenvalue weighted by Gasteiger charge is -2.12. The quantitative estimate of drug-likeness (QED) is 0.278. The molecule has 5 nitrogen and oxygen atoms in total. The Balaban J connectivity index is 2.07. The van der Waals surface area contributed by atoms with Crippen molar-refractivity contribution < 1.29 is 19.1 Å². The summed E-state index contributed by atoms with van der Waals surface area (Å²) in [5.74, 6) is 0.0657. The fourth-order valence-corrected chi connectivity index (χ4v) is 2.88. The van der Waals surface area contributed by atoms with Crippen LogP contribution in [0.2, 0.25) is 0 Å². The van der Waals surface area contributed by atoms with Crippen LogP contribution in [0.25, 0.3) is 6.08 Å². The molecule has 0 heterocycles. The van der Waals surface area contributed by atoms with Crippen LogP contribution in [0.4, 0.5) is 5.69 Å². The molecule has 0 aliphatic rings. The molecular formula is C24H21NO4. The second-order valence-corrected chi connectivity index (χ2v) is 6.16. The molecule has 3 aromatic carbocycles. The summed E-state index contributed by atoms with van der Waals surface area (Å²) in [6, 6.07) is 22.9. The number of nitrogens with one attached hydrogen (secondary N) is 1. The topological polar surface area (TPSA) is 64.6 Å². The highest BCUT2D eigenvalue weighted by molar-refractivity contribution is 6.31. The Kier molecular flexibility index (Phi) is 6.43. The van der Waals surface area contributed by atoms with Gasteiger partial charge in [-0.05, 0) is 24.3 Å². The molecule has 0 unspecified atom stereocenters. The Morgan fingerprint density at radius 1 is 0.793 bits per heavy atom. The van der Waals surface area contributed by atoms with Crippen LogP contribution in [0.1, 0.15) is 15.9 Å². The maximum atomic E-state index is 13.1. The average molecular weight is 387 g/mol. The second-order valence-electron chi connectivity index (χ2n) is 6.16. The lowest BCUT2D eigenvalue weighted by Crippen LogP contribution is -2.20. The molecule has 0 bridgehead atoms. The average Bonchev–Trinajstić information content (AvgIpc) is 2.77. The van der Waals surface area contributed by atoms with Crippen molar-refractivity contribution >= 4 is 23.5 Å². The smallest absolute Gasteiger partial charge is 0.259 e. The third-order valence-electron chi connectivity index (χ3n) is 4.29. The molecule has 0 atom stereocenters. The molecule has 0 saturated carbocycles. The van der Waals surface area contributed by atoms with Crippen LogP contribution in [-0.4, -0.2) is 25.9 Å². The molecule has 0 saturated heterocycles. The summed E-state index contributed by atoms with van der Waals surface area (Å²) in [5, 5.41) is 2.78. The Morgan fingerprint density at radius 3 is 2.07 bits per heavy atom. The van der Waals surface area contributed by atoms with Crippen LogP contribution < -0.4 is 14.8 Å². The van der Waals surface area contributed by atoms with E-state index in [9.17, 15) is 9.59 Å². The number of Topliss-reactive ketones (excluding diaryl/α,β-unsaturated/α-hetero) is 1. The first-order chi connectivity index (χ1) is 14.1. The molecular weight excluding hydrogens is 366 g/mol. The van der Waals surface area contributed by atoms with Crippen molar-refractivity contribution in [1.29, 1.82) is 0 Å². The maximum Gasteiger partial charge on any atom is 0.259 e. The number of para-hydroxylation sites is 2. The first kappa shape index (κ1) is 19.9. The van der Waals surface area contributed by atoms with Gasteiger partial charge in [-0.3, -0.25) is 9.59 Å². The normalized spacial score (nSPS) is 10.9. The summed E-state index contributed by atoms with van der Waals surface area (Å²) >= 11 is 0. The summed E-state index contributed by atoms with van der Waals surface area (Å²) in [7, 11) is 3.04. The number of hydrogen-bond donors (Lipinski definition) is 1. The van der Waals surface area contributed by atoms with Crippen LogP contribution in [0, 0.1) is 0 Å². The second kappa shape index (κ2) is 9.37. The molecule has 0 aliphatic heterocycles. The lowest BCUT2D eigenvalue weighted by molar-refractivity contribution is -0.112. The highest BCUT2D eigenvalue weighted by Crippen LogP contribution is 2.32. The molecule has 5 heteroatoms. The zero-order valence-corrected chi connectivity index (χ0v) is 16.2. The lowest BCUT2D eigenvalue weighted by atomic mass is 9.99. The molecule has 3 rings (SSSR count). The molecule has 0 aliphatic carbocycles. The van der Waals surface area contributed by atoms with E-state index in [1.807, 2.05) is 24.3 Å². The van der Waals surface area contributed by atoms with Gasteiger partial charge in [-0.1, -0.05) is 60.7 Å². The monoisotopic (exact) mass is 387 g/mol. The standard InChI is InChI=1S/C24H21NO4/c1-28-21-15-9-12-18(23(21)29-2)16-20(22(26)17-10-5-3-6-11-17)24(27)25-19-13-7-4-8-14-19/h3-16H,1-2H3,(H,25,27)/b20-16+. The highest BCUT2D eigenvalue weighted by atomic mass is 16.5. The van der Waals surface area contributed by atoms with Gasteiger partial charge in [-0.25, -0.2) is 0 Å². The van der Waals surface area contributed by atoms with E-state index < -0.39 is 5.91 Å². The number of carbonyl (C=O) groups excluding carboxylic acids is 2. The summed E-state index contributed by atoms with van der Waals surface area (Å²) in [5.41, 5.74) is 1.58. The molecule has 0 fully saturated rings. The number of anilines is 1. The third kappa shape index (κ3) is 4.71. The van der Waals surface area contributed by atoms with Crippen LogP contribution in [-0.2, 0) is 4.79 Å². The van der Waals surface area contributed by atoms with Crippen LogP contribution in [0.15, 0.2) is 84.4 Å². The van der Waals surface area contributed by atoms with Gasteiger partial charge >= 0.3 is 0 Å². The number of rotatable bonds is 7. The van der Waals surface area contributed by atoms with E-state index in [1.54, 1.807) is 54.6 Å². The number of ether oxygens (including phenoxy) is 2. The van der Waals surface area contributed by atoms with Gasteiger partial charge in [0.25, 0.3) is 5.91 Å². The fourth-order valence-electron chi connectivity index (χ4n) is 2.88. The minimum absolute atomic E-state index is 0.00777. The van der Waals surface area contributed by atoms with Crippen molar-refractivity contribution in [1.82, 2.24) is 0 Å². The molecule has 3 aromatic rings. The van der Waals surface area contributed by atoms with Crippen LogP contribution in [0.3, 0.4) is 0 Å². The summed E-state index contributed by atoms with van der Waals surface area (Å²) in [6.45, 7) is 0. The molecule has 146 valence electrons. The van der Waals surface area contributed by atoms with Crippen molar-refractivity contribution in [3.05, 3.63) is 95.6 Å². The number of amides is 1. The van der Waals surface area contributed by atoms with Crippen molar-refractivity contribution in [3.63, 3.8) is 0 Å². The molecule has 0 aromatic heterocycles. The van der Waals surface area contributed by atoms with E-state index >= 15 is 0 Å². The van der Waals surface area contributed by atoms with Crippen LogP contribution in [0.5, 0.6) is 11.5 Å². The molecule has 0 radical (unpaired) electrons. The molecule has 29 heavy (non-hydrogen) atoms. The highest BCUT2D eigenvalue weighted by Gasteiger charge is 2.21. The van der Waals surface area contributed by atoms with Gasteiger partial charge < -0.3 is 14.8 Å². The largest absolute Gasteiger partial charge is 0.493 e. The Morgan fingerprint density at radius 2 is 1.45 bits per heavy atom. The van der Waals surface area contributed by atoms with Gasteiger partial charge in [0, 0.05) is 16.8 Å². The minimum atomic E-state index is -0.505. The predicted octanol–water partition coefficient (Wildman–Crippen LogP) is 4.61. The van der Waals surface area contributed by atoms with Crippen molar-refractivity contribution in [3.8, 4) is 11.5 Å². The van der Waals surface area contributed by atoms with E-state index in [2.05, 4.69) is 5.32 Å². The Labute approximate surface area is 169 Å². The summed E-state index contributed by atoms with van der Waals surface area (Å²) in [4.78, 5) is 26.1. The van der Waals surface area contributed by atoms with Crippen molar-refractivity contribution in [2.75, 3.05) is 19.5 Å². The number of methoxy groups -OCH3 is 2. The van der Waals surface area contributed by atoms with Gasteiger partial charge in [-0.15, -0.1) is 0 Å². The molecule has 0 spiro atoms. The van der Waals surface area contributed by atoms with E-state index in [0.29, 0.717) is 28.3 Å². The van der Waals surface area contributed by atoms with Gasteiger partial charge in [0.2, 0.25) is 0 Å². The van der Waals surface area contributed by atoms with Crippen LogP contribution >= 0.6 is 0 Å². The number of hydrogen-bond acceptors (Lipinski definition) is 4. The SMILES string of the molecule is COc1cccc(/C=C(/C(=O)Nc2ccccc2)C(=O)c2ccccc2)c1OC. The maximum absolute atomic E-state index is 13.1. The van der Waals surface area contributed by atoms with E-state index in [4.69, 9.17) is 9.47 Å². The van der Waals surface area contributed by atoms with Gasteiger partial charge in [0.05, 0.1) is 19.8 Å². The van der Waals surface area contributed by atoms with E-state index in [0.717, 1.165) is 0 Å². The minimum Gasteiger partial charge on any atom is -0.493 e.